The molecular weight excluding hydrogens is 266 g/mol. The molecule has 0 radical (unpaired) electrons. The molecule has 0 bridgehead atoms. The van der Waals surface area contributed by atoms with E-state index < -0.39 is 0 Å². The highest BCUT2D eigenvalue weighted by molar-refractivity contribution is 6.28. The van der Waals surface area contributed by atoms with Crippen LogP contribution in [-0.2, 0) is 0 Å². The van der Waals surface area contributed by atoms with E-state index in [2.05, 4.69) is 28.8 Å². The molecule has 19 heavy (non-hydrogen) atoms. The number of aromatic nitrogens is 3. The van der Waals surface area contributed by atoms with Crippen LogP contribution in [0.25, 0.3) is 0 Å². The Hall–Kier alpha value is -1.14. The molecule has 2 fully saturated rings. The van der Waals surface area contributed by atoms with Gasteiger partial charge in [-0.05, 0) is 38.3 Å². The maximum absolute atomic E-state index is 12.4. The Morgan fingerprint density at radius 2 is 2.16 bits per heavy atom. The van der Waals surface area contributed by atoms with Crippen molar-refractivity contribution in [2.24, 2.45) is 0 Å². The van der Waals surface area contributed by atoms with Crippen molar-refractivity contribution >= 4 is 17.6 Å². The summed E-state index contributed by atoms with van der Waals surface area (Å²) in [5, 5.41) is 4.00. The largest absolute Gasteiger partial charge is 0.346 e. The van der Waals surface area contributed by atoms with Crippen molar-refractivity contribution in [1.82, 2.24) is 24.6 Å². The lowest BCUT2D eigenvalue weighted by Crippen LogP contribution is -2.64. The van der Waals surface area contributed by atoms with Crippen molar-refractivity contribution in [2.75, 3.05) is 19.6 Å². The van der Waals surface area contributed by atoms with Gasteiger partial charge in [0, 0.05) is 25.7 Å². The number of carbonyl (C=O) groups excluding carboxylic acids is 1. The molecule has 0 aliphatic carbocycles. The Bertz CT molecular complexity index is 502. The fourth-order valence-corrected chi connectivity index (χ4v) is 3.18. The van der Waals surface area contributed by atoms with Gasteiger partial charge >= 0.3 is 6.03 Å². The third-order valence-corrected chi connectivity index (χ3v) is 4.53. The van der Waals surface area contributed by atoms with Gasteiger partial charge in [-0.1, -0.05) is 0 Å². The number of amides is 1. The summed E-state index contributed by atoms with van der Waals surface area (Å²) in [6.07, 6.45) is 3.50. The molecule has 0 unspecified atom stereocenters. The second-order valence-electron chi connectivity index (χ2n) is 5.68. The van der Waals surface area contributed by atoms with Crippen molar-refractivity contribution in [3.8, 4) is 0 Å². The van der Waals surface area contributed by atoms with E-state index in [-0.39, 0.29) is 16.9 Å². The molecule has 7 heteroatoms. The number of hydrogen-bond acceptors (Lipinski definition) is 4. The minimum absolute atomic E-state index is 0.000219. The Morgan fingerprint density at radius 1 is 1.42 bits per heavy atom. The maximum Gasteiger partial charge on any atom is 0.346 e. The second kappa shape index (κ2) is 4.45. The highest BCUT2D eigenvalue weighted by Gasteiger charge is 2.52. The molecule has 1 amide bonds. The van der Waals surface area contributed by atoms with E-state index in [4.69, 9.17) is 11.6 Å². The summed E-state index contributed by atoms with van der Waals surface area (Å²) in [7, 11) is 0. The molecule has 2 aliphatic heterocycles. The fourth-order valence-electron chi connectivity index (χ4n) is 3.05. The molecule has 0 N–H and O–H groups in total. The normalized spacial score (nSPS) is 27.3. The number of carbonyl (C=O) groups is 1. The highest BCUT2D eigenvalue weighted by atomic mass is 35.5. The first-order chi connectivity index (χ1) is 9.02. The van der Waals surface area contributed by atoms with Gasteiger partial charge in [0.15, 0.2) is 0 Å². The first-order valence-corrected chi connectivity index (χ1v) is 7.03. The highest BCUT2D eigenvalue weighted by Crippen LogP contribution is 2.40. The van der Waals surface area contributed by atoms with Crippen LogP contribution in [0.2, 0.25) is 5.28 Å². The van der Waals surface area contributed by atoms with Gasteiger partial charge in [0.05, 0.1) is 5.54 Å². The third-order valence-electron chi connectivity index (χ3n) is 4.36. The Kier molecular flexibility index (Phi) is 3.02. The quantitative estimate of drug-likeness (QED) is 0.783. The summed E-state index contributed by atoms with van der Waals surface area (Å²) in [5.74, 6) is 0. The van der Waals surface area contributed by atoms with Crippen molar-refractivity contribution in [1.29, 1.82) is 0 Å². The SMILES string of the molecule is CC(C)N1CC[C@@]2(CCN2C(=O)n2cnc(Cl)n2)C1. The molecule has 1 spiro atoms. The zero-order valence-corrected chi connectivity index (χ0v) is 12.0. The number of halogens is 1. The fraction of sp³-hybridized carbons (Fsp3) is 0.750. The van der Waals surface area contributed by atoms with Crippen molar-refractivity contribution in [2.45, 2.75) is 38.3 Å². The van der Waals surface area contributed by atoms with Crippen LogP contribution in [0.15, 0.2) is 6.33 Å². The third kappa shape index (κ3) is 2.03. The maximum atomic E-state index is 12.4. The van der Waals surface area contributed by atoms with E-state index in [1.807, 2.05) is 4.90 Å². The molecule has 0 saturated carbocycles. The molecule has 2 saturated heterocycles. The average molecular weight is 284 g/mol. The Balaban J connectivity index is 1.75. The van der Waals surface area contributed by atoms with Crippen LogP contribution in [0.1, 0.15) is 26.7 Å². The number of rotatable bonds is 1. The Labute approximate surface area is 117 Å². The molecule has 3 heterocycles. The van der Waals surface area contributed by atoms with Gasteiger partial charge in [0.25, 0.3) is 0 Å². The molecule has 2 aliphatic rings. The van der Waals surface area contributed by atoms with Gasteiger partial charge in [-0.15, -0.1) is 5.10 Å². The molecule has 1 aromatic rings. The van der Waals surface area contributed by atoms with Crippen molar-refractivity contribution in [3.05, 3.63) is 11.6 Å². The molecule has 1 atom stereocenters. The first kappa shape index (κ1) is 12.9. The van der Waals surface area contributed by atoms with Gasteiger partial charge in [0.2, 0.25) is 5.28 Å². The summed E-state index contributed by atoms with van der Waals surface area (Å²) in [6.45, 7) is 7.20. The van der Waals surface area contributed by atoms with E-state index in [0.29, 0.717) is 6.04 Å². The van der Waals surface area contributed by atoms with E-state index in [1.54, 1.807) is 0 Å². The summed E-state index contributed by atoms with van der Waals surface area (Å²) in [6, 6.07) is 0.411. The monoisotopic (exact) mass is 283 g/mol. The average Bonchev–Trinajstić information content (AvgIpc) is 2.94. The molecule has 104 valence electrons. The van der Waals surface area contributed by atoms with Crippen LogP contribution >= 0.6 is 11.6 Å². The minimum Gasteiger partial charge on any atom is -0.316 e. The smallest absolute Gasteiger partial charge is 0.316 e. The number of nitrogens with zero attached hydrogens (tertiary/aromatic N) is 5. The molecular formula is C12H18ClN5O. The molecule has 1 aromatic heterocycles. The van der Waals surface area contributed by atoms with Gasteiger partial charge < -0.3 is 4.90 Å². The Morgan fingerprint density at radius 3 is 2.63 bits per heavy atom. The van der Waals surface area contributed by atoms with Crippen molar-refractivity contribution in [3.63, 3.8) is 0 Å². The van der Waals surface area contributed by atoms with Crippen LogP contribution < -0.4 is 0 Å². The van der Waals surface area contributed by atoms with Gasteiger partial charge in [-0.25, -0.2) is 9.78 Å². The van der Waals surface area contributed by atoms with E-state index in [1.165, 1.54) is 11.0 Å². The predicted octanol–water partition coefficient (Wildman–Crippen LogP) is 1.46. The van der Waals surface area contributed by atoms with Crippen LogP contribution in [0.4, 0.5) is 4.79 Å². The van der Waals surface area contributed by atoms with E-state index in [0.717, 1.165) is 32.5 Å². The van der Waals surface area contributed by atoms with Crippen LogP contribution in [0, 0.1) is 0 Å². The predicted molar refractivity (Wildman–Crippen MR) is 71.2 cm³/mol. The molecule has 3 rings (SSSR count). The zero-order valence-electron chi connectivity index (χ0n) is 11.2. The first-order valence-electron chi connectivity index (χ1n) is 6.65. The number of likely N-dealkylation sites (tertiary alicyclic amines) is 2. The topological polar surface area (TPSA) is 54.3 Å². The van der Waals surface area contributed by atoms with E-state index >= 15 is 0 Å². The summed E-state index contributed by atoms with van der Waals surface area (Å²) in [4.78, 5) is 20.5. The van der Waals surface area contributed by atoms with Gasteiger partial charge in [-0.2, -0.15) is 4.68 Å². The van der Waals surface area contributed by atoms with Crippen LogP contribution in [0.5, 0.6) is 0 Å². The lowest BCUT2D eigenvalue weighted by molar-refractivity contribution is 0.0275. The lowest BCUT2D eigenvalue weighted by atomic mass is 9.84. The summed E-state index contributed by atoms with van der Waals surface area (Å²) < 4.78 is 1.24. The second-order valence-corrected chi connectivity index (χ2v) is 6.02. The van der Waals surface area contributed by atoms with Crippen LogP contribution in [-0.4, -0.2) is 61.8 Å². The van der Waals surface area contributed by atoms with Crippen LogP contribution in [0.3, 0.4) is 0 Å². The lowest BCUT2D eigenvalue weighted by Gasteiger charge is -2.50. The zero-order chi connectivity index (χ0) is 13.6. The molecule has 6 nitrogen and oxygen atoms in total. The van der Waals surface area contributed by atoms with E-state index in [9.17, 15) is 4.79 Å². The van der Waals surface area contributed by atoms with Gasteiger partial charge in [-0.3, -0.25) is 4.90 Å². The summed E-state index contributed by atoms with van der Waals surface area (Å²) in [5.41, 5.74) is -0.000219. The van der Waals surface area contributed by atoms with Crippen molar-refractivity contribution < 1.29 is 4.79 Å². The minimum atomic E-state index is -0.115. The number of hydrogen-bond donors (Lipinski definition) is 0. The summed E-state index contributed by atoms with van der Waals surface area (Å²) >= 11 is 5.66. The standard InChI is InChI=1S/C12H18ClN5O/c1-9(2)16-5-3-12(7-16)4-6-17(12)11(19)18-8-14-10(13)15-18/h8-9H,3-7H2,1-2H3/t12-/m1/s1. The molecule has 0 aromatic carbocycles. The van der Waals surface area contributed by atoms with Gasteiger partial charge in [0.1, 0.15) is 6.33 Å².